The fourth-order valence-corrected chi connectivity index (χ4v) is 4.28. The van der Waals surface area contributed by atoms with Crippen molar-refractivity contribution in [2.45, 2.75) is 13.0 Å². The van der Waals surface area contributed by atoms with E-state index in [0.29, 0.717) is 22.6 Å². The zero-order valence-corrected chi connectivity index (χ0v) is 21.9. The van der Waals surface area contributed by atoms with Gasteiger partial charge in [0, 0.05) is 27.5 Å². The van der Waals surface area contributed by atoms with E-state index in [2.05, 4.69) is 54.0 Å². The summed E-state index contributed by atoms with van der Waals surface area (Å²) in [6.07, 6.45) is 0. The molecule has 0 saturated heterocycles. The van der Waals surface area contributed by atoms with Crippen molar-refractivity contribution in [3.05, 3.63) is 100 Å². The Morgan fingerprint density at radius 2 is 1.58 bits per heavy atom. The molecule has 1 heterocycles. The molecule has 3 aromatic rings. The summed E-state index contributed by atoms with van der Waals surface area (Å²) >= 11 is 12.3. The fourth-order valence-electron chi connectivity index (χ4n) is 4.02. The molecule has 5 rings (SSSR count). The van der Waals surface area contributed by atoms with Crippen LogP contribution in [0.25, 0.3) is 28.1 Å². The molecule has 0 bridgehead atoms. The number of fused-ring (bicyclic) bond motifs is 2. The molecule has 0 saturated carbocycles. The Kier molecular flexibility index (Phi) is 6.97. The number of likely N-dealkylation sites (N-methyl/N-ethyl adjacent to an activating group) is 1. The van der Waals surface area contributed by atoms with Crippen LogP contribution in [0.1, 0.15) is 6.92 Å². The SMILES string of the molecule is CC(CN=c1cc2n(-c3ccc(Cl)cc3)c3ccccc3nc-2cc1Nc1ccc(Cl)cc1)N(C)C. The fraction of sp³-hybridized carbons (Fsp3) is 0.172. The molecule has 0 spiro atoms. The number of para-hydroxylation sites is 2. The summed E-state index contributed by atoms with van der Waals surface area (Å²) in [5, 5.41) is 5.79. The predicted molar refractivity (Wildman–Crippen MR) is 151 cm³/mol. The summed E-state index contributed by atoms with van der Waals surface area (Å²) in [5.41, 5.74) is 6.58. The number of nitrogens with zero attached hydrogens (tertiary/aromatic N) is 4. The van der Waals surface area contributed by atoms with Crippen LogP contribution < -0.4 is 10.7 Å². The lowest BCUT2D eigenvalue weighted by molar-refractivity contribution is 0.319. The predicted octanol–water partition coefficient (Wildman–Crippen LogP) is 7.03. The minimum atomic E-state index is 0.294. The summed E-state index contributed by atoms with van der Waals surface area (Å²) in [7, 11) is 4.13. The van der Waals surface area contributed by atoms with Crippen molar-refractivity contribution in [1.82, 2.24) is 14.5 Å². The van der Waals surface area contributed by atoms with E-state index in [4.69, 9.17) is 33.2 Å². The van der Waals surface area contributed by atoms with Crippen molar-refractivity contribution in [1.29, 1.82) is 0 Å². The van der Waals surface area contributed by atoms with Gasteiger partial charge in [-0.2, -0.15) is 0 Å². The van der Waals surface area contributed by atoms with Crippen molar-refractivity contribution < 1.29 is 0 Å². The molecule has 1 N–H and O–H groups in total. The van der Waals surface area contributed by atoms with Gasteiger partial charge in [0.15, 0.2) is 0 Å². The minimum Gasteiger partial charge on any atom is -0.354 e. The zero-order valence-electron chi connectivity index (χ0n) is 20.4. The molecule has 5 nitrogen and oxygen atoms in total. The number of hydrogen-bond donors (Lipinski definition) is 1. The minimum absolute atomic E-state index is 0.294. The number of rotatable bonds is 6. The molecule has 36 heavy (non-hydrogen) atoms. The number of nitrogens with one attached hydrogen (secondary N) is 1. The van der Waals surface area contributed by atoms with Gasteiger partial charge in [-0.15, -0.1) is 0 Å². The molecule has 3 aromatic carbocycles. The standard InChI is InChI=1S/C29H27Cl2N5/c1-19(35(2)3)18-32-25-17-29-27(16-26(25)33-22-12-8-20(30)9-13-22)34-24-6-4-5-7-28(24)36(29)23-14-10-21(31)11-15-23/h4-17,19,33H,18H2,1-3H3. The second-order valence-electron chi connectivity index (χ2n) is 9.06. The van der Waals surface area contributed by atoms with E-state index in [0.717, 1.165) is 44.8 Å². The van der Waals surface area contributed by atoms with E-state index in [9.17, 15) is 0 Å². The van der Waals surface area contributed by atoms with Crippen LogP contribution in [0.2, 0.25) is 10.0 Å². The van der Waals surface area contributed by atoms with Gasteiger partial charge in [-0.1, -0.05) is 35.3 Å². The first-order valence-corrected chi connectivity index (χ1v) is 12.6. The van der Waals surface area contributed by atoms with Crippen LogP contribution in [0.15, 0.2) is 89.9 Å². The Labute approximate surface area is 221 Å². The molecule has 182 valence electrons. The van der Waals surface area contributed by atoms with Crippen molar-refractivity contribution in [2.24, 2.45) is 4.99 Å². The van der Waals surface area contributed by atoms with Gasteiger partial charge in [-0.25, -0.2) is 4.98 Å². The van der Waals surface area contributed by atoms with E-state index in [1.165, 1.54) is 0 Å². The quantitative estimate of drug-likeness (QED) is 0.247. The summed E-state index contributed by atoms with van der Waals surface area (Å²) in [6.45, 7) is 2.83. The lowest BCUT2D eigenvalue weighted by atomic mass is 10.1. The molecule has 7 heteroatoms. The molecular weight excluding hydrogens is 489 g/mol. The van der Waals surface area contributed by atoms with Gasteiger partial charge in [-0.05, 0) is 93.8 Å². The zero-order chi connectivity index (χ0) is 25.2. The van der Waals surface area contributed by atoms with Crippen LogP contribution in [-0.2, 0) is 0 Å². The van der Waals surface area contributed by atoms with Gasteiger partial charge < -0.3 is 14.8 Å². The average Bonchev–Trinajstić information content (AvgIpc) is 2.88. The Hall–Kier alpha value is -3.38. The van der Waals surface area contributed by atoms with Crippen LogP contribution in [0.5, 0.6) is 0 Å². The van der Waals surface area contributed by atoms with Crippen molar-refractivity contribution in [3.63, 3.8) is 0 Å². The maximum Gasteiger partial charge on any atom is 0.0900 e. The highest BCUT2D eigenvalue weighted by atomic mass is 35.5. The van der Waals surface area contributed by atoms with E-state index in [-0.39, 0.29) is 0 Å². The number of anilines is 2. The van der Waals surface area contributed by atoms with Crippen LogP contribution in [0.3, 0.4) is 0 Å². The summed E-state index contributed by atoms with van der Waals surface area (Å²) < 4.78 is 2.22. The smallest absolute Gasteiger partial charge is 0.0900 e. The Morgan fingerprint density at radius 1 is 0.917 bits per heavy atom. The number of halogens is 2. The highest BCUT2D eigenvalue weighted by molar-refractivity contribution is 6.30. The monoisotopic (exact) mass is 515 g/mol. The lowest BCUT2D eigenvalue weighted by Crippen LogP contribution is -2.28. The summed E-state index contributed by atoms with van der Waals surface area (Å²) in [5.74, 6) is 0. The van der Waals surface area contributed by atoms with Gasteiger partial charge in [-0.3, -0.25) is 4.99 Å². The number of hydrogen-bond acceptors (Lipinski definition) is 4. The van der Waals surface area contributed by atoms with E-state index in [1.807, 2.05) is 66.7 Å². The first kappa shape index (κ1) is 24.3. The van der Waals surface area contributed by atoms with Crippen molar-refractivity contribution in [2.75, 3.05) is 26.0 Å². The summed E-state index contributed by atoms with van der Waals surface area (Å²) in [4.78, 5) is 12.2. The van der Waals surface area contributed by atoms with Crippen LogP contribution in [0, 0.1) is 0 Å². The van der Waals surface area contributed by atoms with Crippen molar-refractivity contribution >= 4 is 45.6 Å². The van der Waals surface area contributed by atoms with E-state index < -0.39 is 0 Å². The highest BCUT2D eigenvalue weighted by Crippen LogP contribution is 2.31. The Morgan fingerprint density at radius 3 is 2.28 bits per heavy atom. The second kappa shape index (κ2) is 10.3. The Balaban J connectivity index is 1.77. The molecule has 1 atom stereocenters. The maximum absolute atomic E-state index is 6.21. The third-order valence-electron chi connectivity index (χ3n) is 6.31. The third-order valence-corrected chi connectivity index (χ3v) is 6.82. The van der Waals surface area contributed by atoms with Gasteiger partial charge in [0.1, 0.15) is 0 Å². The third kappa shape index (κ3) is 5.09. The topological polar surface area (TPSA) is 45.5 Å². The molecule has 1 aliphatic heterocycles. The number of aromatic nitrogens is 2. The molecule has 0 aromatic heterocycles. The number of benzene rings is 4. The van der Waals surface area contributed by atoms with Gasteiger partial charge in [0.2, 0.25) is 0 Å². The van der Waals surface area contributed by atoms with E-state index >= 15 is 0 Å². The molecule has 0 radical (unpaired) electrons. The average molecular weight is 516 g/mol. The van der Waals surface area contributed by atoms with Crippen LogP contribution in [0.4, 0.5) is 11.4 Å². The first-order chi connectivity index (χ1) is 17.4. The maximum atomic E-state index is 6.21. The molecule has 0 fully saturated rings. The highest BCUT2D eigenvalue weighted by Gasteiger charge is 2.17. The van der Waals surface area contributed by atoms with Gasteiger partial charge >= 0.3 is 0 Å². The molecule has 0 amide bonds. The van der Waals surface area contributed by atoms with Gasteiger partial charge in [0.05, 0.1) is 40.0 Å². The molecular formula is C29H27Cl2N5. The first-order valence-electron chi connectivity index (χ1n) is 11.8. The second-order valence-corrected chi connectivity index (χ2v) is 9.93. The summed E-state index contributed by atoms with van der Waals surface area (Å²) in [6, 6.07) is 28.2. The van der Waals surface area contributed by atoms with E-state index in [1.54, 1.807) is 0 Å². The molecule has 1 aliphatic carbocycles. The molecule has 2 aliphatic rings. The van der Waals surface area contributed by atoms with Crippen LogP contribution in [-0.4, -0.2) is 41.1 Å². The lowest BCUT2D eigenvalue weighted by Gasteiger charge is -2.21. The van der Waals surface area contributed by atoms with Crippen molar-refractivity contribution in [3.8, 4) is 17.1 Å². The molecule has 1 unspecified atom stereocenters. The van der Waals surface area contributed by atoms with Crippen LogP contribution >= 0.6 is 23.2 Å². The van der Waals surface area contributed by atoms with Gasteiger partial charge in [0.25, 0.3) is 0 Å². The largest absolute Gasteiger partial charge is 0.354 e. The normalized spacial score (nSPS) is 13.0. The Bertz CT molecular complexity index is 1540.